The summed E-state index contributed by atoms with van der Waals surface area (Å²) in [5.74, 6) is -1.78. The van der Waals surface area contributed by atoms with Gasteiger partial charge in [0.2, 0.25) is 11.6 Å². The van der Waals surface area contributed by atoms with Gasteiger partial charge in [0.1, 0.15) is 5.82 Å². The second kappa shape index (κ2) is 5.95. The maximum atomic E-state index is 13.2. The second-order valence-electron chi connectivity index (χ2n) is 3.83. The molecule has 18 heavy (non-hydrogen) atoms. The average molecular weight is 250 g/mol. The quantitative estimate of drug-likeness (QED) is 0.617. The monoisotopic (exact) mass is 250 g/mol. The third-order valence-electron chi connectivity index (χ3n) is 2.34. The van der Waals surface area contributed by atoms with Crippen LogP contribution in [-0.4, -0.2) is 11.6 Å². The number of aryl methyl sites for hydroxylation is 1. The topological polar surface area (TPSA) is 72.2 Å². The maximum Gasteiger partial charge on any atom is 0.245 e. The lowest BCUT2D eigenvalue weighted by molar-refractivity contribution is -0.133. The molecule has 0 aliphatic carbocycles. The average Bonchev–Trinajstić information content (AvgIpc) is 2.34. The zero-order valence-electron chi connectivity index (χ0n) is 10.3. The minimum absolute atomic E-state index is 0.204. The first kappa shape index (κ1) is 13.9. The summed E-state index contributed by atoms with van der Waals surface area (Å²) in [6, 6.07) is 4.45. The molecule has 0 fully saturated rings. The van der Waals surface area contributed by atoms with Crippen LogP contribution in [0.4, 0.5) is 10.1 Å². The Morgan fingerprint density at radius 3 is 2.61 bits per heavy atom. The molecule has 0 unspecified atom stereocenters. The SMILES string of the molecule is CCc1cc(F)cc(N/C=C(\N)C(=O)C(C)=O)c1. The van der Waals surface area contributed by atoms with Gasteiger partial charge in [-0.25, -0.2) is 4.39 Å². The van der Waals surface area contributed by atoms with Crippen molar-refractivity contribution < 1.29 is 14.0 Å². The lowest BCUT2D eigenvalue weighted by Crippen LogP contribution is -2.19. The number of hydrogen-bond donors (Lipinski definition) is 2. The molecule has 4 nitrogen and oxygen atoms in total. The van der Waals surface area contributed by atoms with Crippen molar-refractivity contribution in [2.75, 3.05) is 5.32 Å². The molecule has 0 saturated heterocycles. The molecule has 1 aromatic carbocycles. The van der Waals surface area contributed by atoms with E-state index in [4.69, 9.17) is 5.73 Å². The van der Waals surface area contributed by atoms with E-state index in [1.807, 2.05) is 6.92 Å². The van der Waals surface area contributed by atoms with Gasteiger partial charge in [-0.15, -0.1) is 0 Å². The van der Waals surface area contributed by atoms with Gasteiger partial charge in [0, 0.05) is 18.8 Å². The van der Waals surface area contributed by atoms with Gasteiger partial charge in [-0.2, -0.15) is 0 Å². The van der Waals surface area contributed by atoms with Crippen molar-refractivity contribution >= 4 is 17.3 Å². The Labute approximate surface area is 105 Å². The molecule has 5 heteroatoms. The van der Waals surface area contributed by atoms with Crippen LogP contribution in [0.5, 0.6) is 0 Å². The Balaban J connectivity index is 2.85. The highest BCUT2D eigenvalue weighted by Crippen LogP contribution is 2.14. The van der Waals surface area contributed by atoms with Gasteiger partial charge in [-0.3, -0.25) is 9.59 Å². The summed E-state index contributed by atoms with van der Waals surface area (Å²) in [5, 5.41) is 2.70. The van der Waals surface area contributed by atoms with Crippen molar-refractivity contribution in [1.82, 2.24) is 0 Å². The van der Waals surface area contributed by atoms with Crippen molar-refractivity contribution in [3.8, 4) is 0 Å². The molecule has 0 aliphatic heterocycles. The summed E-state index contributed by atoms with van der Waals surface area (Å²) in [5.41, 5.74) is 6.50. The summed E-state index contributed by atoms with van der Waals surface area (Å²) in [4.78, 5) is 22.0. The molecule has 0 aliphatic rings. The first-order valence-corrected chi connectivity index (χ1v) is 5.51. The highest BCUT2D eigenvalue weighted by molar-refractivity contribution is 6.42. The van der Waals surface area contributed by atoms with Gasteiger partial charge >= 0.3 is 0 Å². The predicted octanol–water partition coefficient (Wildman–Crippen LogP) is 1.76. The van der Waals surface area contributed by atoms with Crippen LogP contribution < -0.4 is 11.1 Å². The number of rotatable bonds is 5. The van der Waals surface area contributed by atoms with E-state index in [1.54, 1.807) is 6.07 Å². The number of benzene rings is 1. The van der Waals surface area contributed by atoms with E-state index < -0.39 is 11.6 Å². The summed E-state index contributed by atoms with van der Waals surface area (Å²) in [6.07, 6.45) is 1.88. The van der Waals surface area contributed by atoms with Crippen LogP contribution in [0, 0.1) is 5.82 Å². The van der Waals surface area contributed by atoms with E-state index in [0.29, 0.717) is 12.1 Å². The molecule has 0 radical (unpaired) electrons. The number of anilines is 1. The summed E-state index contributed by atoms with van der Waals surface area (Å²) < 4.78 is 13.2. The first-order chi connectivity index (χ1) is 8.43. The lowest BCUT2D eigenvalue weighted by atomic mass is 10.1. The molecular weight excluding hydrogens is 235 g/mol. The van der Waals surface area contributed by atoms with Crippen LogP contribution in [0.2, 0.25) is 0 Å². The Hall–Kier alpha value is -2.17. The number of carbonyl (C=O) groups is 2. The molecule has 0 bridgehead atoms. The van der Waals surface area contributed by atoms with Gasteiger partial charge in [-0.05, 0) is 30.2 Å². The van der Waals surface area contributed by atoms with E-state index in [1.165, 1.54) is 18.3 Å². The highest BCUT2D eigenvalue weighted by Gasteiger charge is 2.10. The van der Waals surface area contributed by atoms with Gasteiger partial charge in [0.15, 0.2) is 0 Å². The molecule has 0 amide bonds. The number of ketones is 2. The number of Topliss-reactive ketones (excluding diaryl/α,β-unsaturated/α-hetero) is 2. The molecule has 1 aromatic rings. The molecule has 0 saturated carbocycles. The van der Waals surface area contributed by atoms with Crippen LogP contribution in [0.25, 0.3) is 0 Å². The number of nitrogens with two attached hydrogens (primary N) is 1. The summed E-state index contributed by atoms with van der Waals surface area (Å²) in [6.45, 7) is 3.04. The first-order valence-electron chi connectivity index (χ1n) is 5.51. The fourth-order valence-corrected chi connectivity index (χ4v) is 1.37. The van der Waals surface area contributed by atoms with Crippen molar-refractivity contribution in [1.29, 1.82) is 0 Å². The molecule has 0 atom stereocenters. The van der Waals surface area contributed by atoms with Crippen LogP contribution >= 0.6 is 0 Å². The fraction of sp³-hybridized carbons (Fsp3) is 0.231. The largest absolute Gasteiger partial charge is 0.394 e. The second-order valence-corrected chi connectivity index (χ2v) is 3.83. The van der Waals surface area contributed by atoms with Crippen LogP contribution in [0.3, 0.4) is 0 Å². The van der Waals surface area contributed by atoms with E-state index in [9.17, 15) is 14.0 Å². The van der Waals surface area contributed by atoms with E-state index >= 15 is 0 Å². The summed E-state index contributed by atoms with van der Waals surface area (Å²) >= 11 is 0. The molecule has 0 aromatic heterocycles. The molecule has 3 N–H and O–H groups in total. The van der Waals surface area contributed by atoms with Crippen molar-refractivity contribution in [2.45, 2.75) is 20.3 Å². The van der Waals surface area contributed by atoms with Gasteiger partial charge in [0.05, 0.1) is 5.70 Å². The standard InChI is InChI=1S/C13H15FN2O2/c1-3-9-4-10(14)6-11(5-9)16-7-12(15)13(18)8(2)17/h4-7,16H,3,15H2,1-2H3/b12-7-. The van der Waals surface area contributed by atoms with Crippen molar-refractivity contribution in [3.63, 3.8) is 0 Å². The number of hydrogen-bond acceptors (Lipinski definition) is 4. The Morgan fingerprint density at radius 1 is 1.39 bits per heavy atom. The minimum Gasteiger partial charge on any atom is -0.394 e. The van der Waals surface area contributed by atoms with Crippen molar-refractivity contribution in [2.24, 2.45) is 5.73 Å². The van der Waals surface area contributed by atoms with E-state index in [0.717, 1.165) is 12.5 Å². The van der Waals surface area contributed by atoms with E-state index in [2.05, 4.69) is 5.32 Å². The number of nitrogens with one attached hydrogen (secondary N) is 1. The number of allylic oxidation sites excluding steroid dienone is 1. The zero-order chi connectivity index (χ0) is 13.7. The van der Waals surface area contributed by atoms with Gasteiger partial charge < -0.3 is 11.1 Å². The number of halogens is 1. The zero-order valence-corrected chi connectivity index (χ0v) is 10.3. The predicted molar refractivity (Wildman–Crippen MR) is 67.4 cm³/mol. The van der Waals surface area contributed by atoms with E-state index in [-0.39, 0.29) is 11.5 Å². The van der Waals surface area contributed by atoms with Crippen LogP contribution in [0.15, 0.2) is 30.1 Å². The maximum absolute atomic E-state index is 13.2. The number of carbonyl (C=O) groups excluding carboxylic acids is 2. The van der Waals surface area contributed by atoms with Crippen molar-refractivity contribution in [3.05, 3.63) is 41.5 Å². The van der Waals surface area contributed by atoms with Gasteiger partial charge in [0.25, 0.3) is 0 Å². The Morgan fingerprint density at radius 2 is 2.06 bits per heavy atom. The molecule has 96 valence electrons. The third kappa shape index (κ3) is 3.69. The third-order valence-corrected chi connectivity index (χ3v) is 2.34. The summed E-state index contributed by atoms with van der Waals surface area (Å²) in [7, 11) is 0. The Kier molecular flexibility index (Phi) is 4.59. The van der Waals surface area contributed by atoms with Gasteiger partial charge in [-0.1, -0.05) is 6.92 Å². The Bertz CT molecular complexity index is 510. The lowest BCUT2D eigenvalue weighted by Gasteiger charge is -2.05. The highest BCUT2D eigenvalue weighted by atomic mass is 19.1. The van der Waals surface area contributed by atoms with Crippen LogP contribution in [-0.2, 0) is 16.0 Å². The fourth-order valence-electron chi connectivity index (χ4n) is 1.37. The molecule has 1 rings (SSSR count). The normalized spacial score (nSPS) is 11.2. The molecular formula is C13H15FN2O2. The molecule has 0 heterocycles. The minimum atomic E-state index is -0.769. The smallest absolute Gasteiger partial charge is 0.245 e. The van der Waals surface area contributed by atoms with Crippen LogP contribution in [0.1, 0.15) is 19.4 Å². The molecule has 0 spiro atoms.